The number of rotatable bonds is 6. The molecule has 4 aromatic carbocycles. The Morgan fingerprint density at radius 1 is 0.554 bits per heavy atom. The minimum absolute atomic E-state index is 0.401. The molecular formula is C54H48N2. The normalized spacial score (nSPS) is 21.9. The van der Waals surface area contributed by atoms with Crippen LogP contribution in [0.15, 0.2) is 157 Å². The lowest BCUT2D eigenvalue weighted by Gasteiger charge is -2.30. The molecule has 2 nitrogen and oxygen atoms in total. The molecule has 0 saturated heterocycles. The molecular weight excluding hydrogens is 677 g/mol. The molecule has 0 saturated carbocycles. The van der Waals surface area contributed by atoms with Crippen molar-refractivity contribution in [1.82, 2.24) is 9.13 Å². The first-order valence-electron chi connectivity index (χ1n) is 21.0. The van der Waals surface area contributed by atoms with Gasteiger partial charge in [0.25, 0.3) is 0 Å². The first-order chi connectivity index (χ1) is 27.8. The van der Waals surface area contributed by atoms with Gasteiger partial charge in [0.2, 0.25) is 0 Å². The number of nitrogens with zero attached hydrogens (tertiary/aromatic N) is 2. The number of hydrogen-bond acceptors (Lipinski definition) is 0. The van der Waals surface area contributed by atoms with E-state index in [0.717, 1.165) is 44.9 Å². The molecule has 3 unspecified atom stereocenters. The molecule has 0 fully saturated rings. The molecule has 274 valence electrons. The Balaban J connectivity index is 0.865. The van der Waals surface area contributed by atoms with E-state index in [1.165, 1.54) is 84.6 Å². The minimum Gasteiger partial charge on any atom is -0.317 e. The molecule has 6 aromatic rings. The summed E-state index contributed by atoms with van der Waals surface area (Å²) in [4.78, 5) is 0. The summed E-state index contributed by atoms with van der Waals surface area (Å²) in [5, 5.41) is 5.58. The van der Waals surface area contributed by atoms with Crippen LogP contribution in [-0.4, -0.2) is 9.13 Å². The molecule has 5 aliphatic carbocycles. The van der Waals surface area contributed by atoms with Crippen LogP contribution < -0.4 is 10.6 Å². The van der Waals surface area contributed by atoms with E-state index in [2.05, 4.69) is 173 Å². The van der Waals surface area contributed by atoms with Gasteiger partial charge in [-0.15, -0.1) is 0 Å². The Labute approximate surface area is 330 Å². The van der Waals surface area contributed by atoms with Gasteiger partial charge in [0.05, 0.1) is 11.0 Å². The lowest BCUT2D eigenvalue weighted by molar-refractivity contribution is 0.504. The van der Waals surface area contributed by atoms with Crippen molar-refractivity contribution in [3.05, 3.63) is 190 Å². The van der Waals surface area contributed by atoms with Crippen LogP contribution >= 0.6 is 0 Å². The van der Waals surface area contributed by atoms with E-state index >= 15 is 0 Å². The zero-order chi connectivity index (χ0) is 37.0. The van der Waals surface area contributed by atoms with Crippen LogP contribution in [0.5, 0.6) is 0 Å². The summed E-state index contributed by atoms with van der Waals surface area (Å²) in [6.07, 6.45) is 32.2. The number of fused-ring (bicyclic) bond motifs is 6. The highest BCUT2D eigenvalue weighted by molar-refractivity contribution is 5.95. The predicted molar refractivity (Wildman–Crippen MR) is 237 cm³/mol. The number of allylic oxidation sites excluding steroid dienone is 11. The zero-order valence-corrected chi connectivity index (χ0v) is 32.1. The predicted octanol–water partition coefficient (Wildman–Crippen LogP) is 12.2. The smallest absolute Gasteiger partial charge is 0.0537 e. The van der Waals surface area contributed by atoms with Crippen LogP contribution in [0.2, 0.25) is 0 Å². The van der Waals surface area contributed by atoms with E-state index in [1.54, 1.807) is 11.1 Å². The average Bonchev–Trinajstić information content (AvgIpc) is 3.79. The van der Waals surface area contributed by atoms with Crippen molar-refractivity contribution in [2.45, 2.75) is 63.7 Å². The van der Waals surface area contributed by atoms with E-state index in [0.29, 0.717) is 17.8 Å². The SMILES string of the molecule is C1=CC(c2ccccc2)CC(n2c3c(c4ccccc42)=CC(C2=CCC(C4=Cc5c(n(C6=CC=C(c7ccccc7)CC6)c6ccccc56)CC4)CC2)CC=3)=C1. The van der Waals surface area contributed by atoms with Gasteiger partial charge in [0.1, 0.15) is 0 Å². The lowest BCUT2D eigenvalue weighted by Crippen LogP contribution is -2.33. The van der Waals surface area contributed by atoms with E-state index in [9.17, 15) is 0 Å². The van der Waals surface area contributed by atoms with Crippen molar-refractivity contribution >= 4 is 57.0 Å². The molecule has 0 spiro atoms. The maximum absolute atomic E-state index is 2.63. The van der Waals surface area contributed by atoms with Gasteiger partial charge >= 0.3 is 0 Å². The fourth-order valence-electron chi connectivity index (χ4n) is 10.6. The van der Waals surface area contributed by atoms with E-state index in [4.69, 9.17) is 0 Å². The first kappa shape index (κ1) is 33.5. The van der Waals surface area contributed by atoms with Gasteiger partial charge in [0, 0.05) is 55.8 Å². The van der Waals surface area contributed by atoms with Crippen molar-refractivity contribution in [3.63, 3.8) is 0 Å². The molecule has 0 radical (unpaired) electrons. The molecule has 0 amide bonds. The molecule has 0 bridgehead atoms. The van der Waals surface area contributed by atoms with E-state index < -0.39 is 0 Å². The molecule has 5 aliphatic rings. The second kappa shape index (κ2) is 14.0. The molecule has 3 atom stereocenters. The summed E-state index contributed by atoms with van der Waals surface area (Å²) in [5.74, 6) is 1.51. The number of benzene rings is 4. The van der Waals surface area contributed by atoms with Gasteiger partial charge in [-0.05, 0) is 105 Å². The largest absolute Gasteiger partial charge is 0.317 e. The third kappa shape index (κ3) is 5.77. The van der Waals surface area contributed by atoms with E-state index in [-0.39, 0.29) is 0 Å². The summed E-state index contributed by atoms with van der Waals surface area (Å²) in [5.41, 5.74) is 16.0. The van der Waals surface area contributed by atoms with Gasteiger partial charge < -0.3 is 9.13 Å². The third-order valence-electron chi connectivity index (χ3n) is 13.5. The Hall–Kier alpha value is -5.86. The number of aromatic nitrogens is 2. The highest BCUT2D eigenvalue weighted by atomic mass is 15.0. The Morgan fingerprint density at radius 2 is 1.32 bits per heavy atom. The average molecular weight is 725 g/mol. The molecule has 0 N–H and O–H groups in total. The first-order valence-corrected chi connectivity index (χ1v) is 21.0. The Kier molecular flexibility index (Phi) is 8.38. The standard InChI is InChI=1S/C54H48N2/c1-3-12-37(13-4-1)39-26-30-45(31-27-39)55-51-20-9-7-18-47(51)49-35-43(28-32-53(49)55)40-22-24-41(25-23-40)44-29-33-54-50(36-44)48-19-8-10-21-52(48)56(54)46-17-11-16-42(34-46)38-14-5-2-6-15-38/h1-21,24,26,30,33,35-36,40,42,44H,22-23,25,27-29,31-32,34H2. The van der Waals surface area contributed by atoms with Crippen molar-refractivity contribution < 1.29 is 0 Å². The van der Waals surface area contributed by atoms with Gasteiger partial charge in [-0.2, -0.15) is 0 Å². The lowest BCUT2D eigenvalue weighted by atomic mass is 9.76. The zero-order valence-electron chi connectivity index (χ0n) is 32.1. The molecule has 2 heteroatoms. The summed E-state index contributed by atoms with van der Waals surface area (Å²) < 4.78 is 5.17. The molecule has 0 aliphatic heterocycles. The minimum atomic E-state index is 0.401. The van der Waals surface area contributed by atoms with Crippen LogP contribution in [0.25, 0.3) is 57.0 Å². The molecule has 2 aromatic heterocycles. The Morgan fingerprint density at radius 3 is 2.11 bits per heavy atom. The van der Waals surface area contributed by atoms with Crippen LogP contribution in [0, 0.1) is 11.8 Å². The molecule has 2 heterocycles. The number of para-hydroxylation sites is 2. The number of hydrogen-bond donors (Lipinski definition) is 0. The van der Waals surface area contributed by atoms with Crippen molar-refractivity contribution in [2.24, 2.45) is 11.8 Å². The van der Waals surface area contributed by atoms with Gasteiger partial charge in [0.15, 0.2) is 0 Å². The monoisotopic (exact) mass is 724 g/mol. The summed E-state index contributed by atoms with van der Waals surface area (Å²) in [6.45, 7) is 0. The maximum Gasteiger partial charge on any atom is 0.0537 e. The summed E-state index contributed by atoms with van der Waals surface area (Å²) >= 11 is 0. The van der Waals surface area contributed by atoms with Gasteiger partial charge in [-0.1, -0.05) is 151 Å². The van der Waals surface area contributed by atoms with Crippen molar-refractivity contribution in [3.8, 4) is 0 Å². The highest BCUT2D eigenvalue weighted by Gasteiger charge is 2.28. The Bertz CT molecular complexity index is 2830. The summed E-state index contributed by atoms with van der Waals surface area (Å²) in [6, 6.07) is 40.0. The molecule has 11 rings (SSSR count). The van der Waals surface area contributed by atoms with Crippen molar-refractivity contribution in [2.75, 3.05) is 0 Å². The molecule has 56 heavy (non-hydrogen) atoms. The quantitative estimate of drug-likeness (QED) is 0.151. The van der Waals surface area contributed by atoms with Crippen LogP contribution in [-0.2, 0) is 6.42 Å². The van der Waals surface area contributed by atoms with Crippen LogP contribution in [0.1, 0.15) is 79.7 Å². The van der Waals surface area contributed by atoms with Gasteiger partial charge in [-0.25, -0.2) is 0 Å². The maximum atomic E-state index is 2.63. The van der Waals surface area contributed by atoms with Crippen molar-refractivity contribution in [1.29, 1.82) is 0 Å². The second-order valence-electron chi connectivity index (χ2n) is 16.5. The second-order valence-corrected chi connectivity index (χ2v) is 16.5. The fraction of sp³-hybridized carbons (Fsp3) is 0.222. The summed E-state index contributed by atoms with van der Waals surface area (Å²) in [7, 11) is 0. The van der Waals surface area contributed by atoms with E-state index in [1.807, 2.05) is 0 Å². The van der Waals surface area contributed by atoms with Gasteiger partial charge in [-0.3, -0.25) is 0 Å². The van der Waals surface area contributed by atoms with Crippen LogP contribution in [0.4, 0.5) is 0 Å². The third-order valence-corrected chi connectivity index (χ3v) is 13.5. The highest BCUT2D eigenvalue weighted by Crippen LogP contribution is 2.43. The topological polar surface area (TPSA) is 9.86 Å². The van der Waals surface area contributed by atoms with Crippen LogP contribution in [0.3, 0.4) is 0 Å². The fourth-order valence-corrected chi connectivity index (χ4v) is 10.6.